The van der Waals surface area contributed by atoms with Gasteiger partial charge in [0.25, 0.3) is 0 Å². The zero-order valence-electron chi connectivity index (χ0n) is 15.6. The van der Waals surface area contributed by atoms with Crippen LogP contribution in [0.5, 0.6) is 0 Å². The average Bonchev–Trinajstić information content (AvgIpc) is 3.03. The molecule has 0 fully saturated rings. The van der Waals surface area contributed by atoms with Crippen LogP contribution in [0, 0.1) is 0 Å². The third kappa shape index (κ3) is 5.49. The van der Waals surface area contributed by atoms with E-state index in [0.717, 1.165) is 5.22 Å². The molecule has 146 valence electrons. The van der Waals surface area contributed by atoms with Crippen LogP contribution in [0.1, 0.15) is 43.9 Å². The molecule has 0 radical (unpaired) electrons. The van der Waals surface area contributed by atoms with E-state index in [1.54, 1.807) is 17.6 Å². The Balaban J connectivity index is 0.00000176. The molecule has 0 amide bonds. The first-order chi connectivity index (χ1) is 12.9. The van der Waals surface area contributed by atoms with E-state index < -0.39 is 5.97 Å². The van der Waals surface area contributed by atoms with Crippen molar-refractivity contribution in [3.05, 3.63) is 45.6 Å². The molecule has 0 bridgehead atoms. The topological polar surface area (TPSA) is 95.9 Å². The number of carbonyl (C=O) groups excluding carboxylic acids is 1. The van der Waals surface area contributed by atoms with Gasteiger partial charge in [0.1, 0.15) is 0 Å². The summed E-state index contributed by atoms with van der Waals surface area (Å²) in [5.74, 6) is -0.648. The largest absolute Gasteiger partial charge is 0.461 e. The predicted molar refractivity (Wildman–Crippen MR) is 121 cm³/mol. The lowest BCUT2D eigenvalue weighted by atomic mass is 10.1. The molecule has 0 aliphatic heterocycles. The molecule has 2 rings (SSSR count). The van der Waals surface area contributed by atoms with Crippen molar-refractivity contribution in [1.29, 1.82) is 0 Å². The molecule has 27 heavy (non-hydrogen) atoms. The van der Waals surface area contributed by atoms with E-state index in [9.17, 15) is 4.79 Å². The minimum Gasteiger partial charge on any atom is -0.461 e. The normalized spacial score (nSPS) is 12.2. The van der Waals surface area contributed by atoms with Gasteiger partial charge in [-0.2, -0.15) is 5.10 Å². The Morgan fingerprint density at radius 2 is 2.07 bits per heavy atom. The molecule has 0 saturated carbocycles. The van der Waals surface area contributed by atoms with E-state index >= 15 is 0 Å². The zero-order valence-corrected chi connectivity index (χ0v) is 19.5. The lowest BCUT2D eigenvalue weighted by Crippen LogP contribution is -2.27. The lowest BCUT2D eigenvalue weighted by molar-refractivity contribution is 0.0520. The zero-order chi connectivity index (χ0) is 20.6. The Morgan fingerprint density at radius 1 is 1.44 bits per heavy atom. The van der Waals surface area contributed by atoms with Crippen molar-refractivity contribution in [3.8, 4) is 0 Å². The molecule has 0 aliphatic rings. The van der Waals surface area contributed by atoms with Gasteiger partial charge in [0.2, 0.25) is 5.28 Å². The number of hydrogen-bond acceptors (Lipinski definition) is 6. The smallest absolute Gasteiger partial charge is 0.359 e. The summed E-state index contributed by atoms with van der Waals surface area (Å²) in [6.45, 7) is 11.8. The molecule has 0 aromatic carbocycles. The molecule has 0 saturated heterocycles. The van der Waals surface area contributed by atoms with E-state index in [1.807, 2.05) is 32.9 Å². The van der Waals surface area contributed by atoms with Gasteiger partial charge in [-0.3, -0.25) is 0 Å². The second-order valence-corrected chi connectivity index (χ2v) is 7.12. The van der Waals surface area contributed by atoms with E-state index in [0.29, 0.717) is 23.0 Å². The summed E-state index contributed by atoms with van der Waals surface area (Å²) in [6.07, 6.45) is 5.73. The standard InChI is InChI=1S/C15H16ClIN5O2P.C2H6/c1-4-6-9(10-7-19-22(25-17)8(10)3)12-11(18)13(14(23)24-5-2)21-15(16)20-12;1-2/h4,6-7,25H,3,5,18H2,1-2H3;1-2H3/b6-4-,10-9+;. The molecule has 2 aromatic heterocycles. The van der Waals surface area contributed by atoms with Gasteiger partial charge < -0.3 is 10.5 Å². The summed E-state index contributed by atoms with van der Waals surface area (Å²) in [7, 11) is 0. The maximum absolute atomic E-state index is 12.1. The summed E-state index contributed by atoms with van der Waals surface area (Å²) in [6, 6.07) is 0. The SMILES string of the molecule is C=c1/c(=C(\C=C/C)c2nc(Cl)nc(C(=O)OCC)c2N)cnn1PI.CC. The number of esters is 1. The molecule has 10 heteroatoms. The first-order valence-corrected chi connectivity index (χ1v) is 12.7. The van der Waals surface area contributed by atoms with Gasteiger partial charge in [-0.25, -0.2) is 19.2 Å². The number of carbonyl (C=O) groups is 1. The van der Waals surface area contributed by atoms with E-state index in [2.05, 4.69) is 43.7 Å². The van der Waals surface area contributed by atoms with Gasteiger partial charge in [-0.15, -0.1) is 0 Å². The summed E-state index contributed by atoms with van der Waals surface area (Å²) in [5, 5.41) is 5.67. The maximum Gasteiger partial charge on any atom is 0.359 e. The van der Waals surface area contributed by atoms with Crippen LogP contribution in [0.3, 0.4) is 0 Å². The van der Waals surface area contributed by atoms with Gasteiger partial charge >= 0.3 is 5.97 Å². The van der Waals surface area contributed by atoms with Gasteiger partial charge in [0.05, 0.1) is 35.9 Å². The number of aromatic nitrogens is 4. The Morgan fingerprint density at radius 3 is 2.59 bits per heavy atom. The minimum absolute atomic E-state index is 0.0624. The number of rotatable bonds is 5. The van der Waals surface area contributed by atoms with E-state index in [-0.39, 0.29) is 23.3 Å². The van der Waals surface area contributed by atoms with E-state index in [1.165, 1.54) is 0 Å². The predicted octanol–water partition coefficient (Wildman–Crippen LogP) is 3.09. The highest BCUT2D eigenvalue weighted by Gasteiger charge is 2.20. The summed E-state index contributed by atoms with van der Waals surface area (Å²) in [4.78, 5) is 20.2. The van der Waals surface area contributed by atoms with Crippen LogP contribution in [-0.2, 0) is 4.74 Å². The number of hydrogen-bond donors (Lipinski definition) is 1. The Bertz CT molecular complexity index is 946. The van der Waals surface area contributed by atoms with Crippen LogP contribution in [-0.4, -0.2) is 32.1 Å². The van der Waals surface area contributed by atoms with Crippen LogP contribution < -0.4 is 16.3 Å². The third-order valence-corrected chi connectivity index (χ3v) is 5.30. The Labute approximate surface area is 178 Å². The second-order valence-electron chi connectivity index (χ2n) is 4.74. The van der Waals surface area contributed by atoms with Gasteiger partial charge in [0, 0.05) is 10.8 Å². The molecule has 7 nitrogen and oxygen atoms in total. The van der Waals surface area contributed by atoms with Gasteiger partial charge in [-0.05, 0) is 47.5 Å². The maximum atomic E-state index is 12.1. The van der Waals surface area contributed by atoms with Crippen LogP contribution in [0.15, 0.2) is 18.3 Å². The molecule has 1 unspecified atom stereocenters. The quantitative estimate of drug-likeness (QED) is 0.281. The molecular formula is C17H22ClIN5O2P. The molecule has 1 atom stereocenters. The summed E-state index contributed by atoms with van der Waals surface area (Å²) in [5.41, 5.74) is 7.18. The number of nitrogens with two attached hydrogens (primary N) is 1. The number of ether oxygens (including phenoxy) is 1. The van der Waals surface area contributed by atoms with Crippen LogP contribution in [0.25, 0.3) is 12.2 Å². The second kappa shape index (κ2) is 11.4. The molecule has 2 aromatic rings. The molecule has 0 spiro atoms. The van der Waals surface area contributed by atoms with Crippen molar-refractivity contribution >= 4 is 63.8 Å². The lowest BCUT2D eigenvalue weighted by Gasteiger charge is -2.10. The Hall–Kier alpha value is -1.51. The summed E-state index contributed by atoms with van der Waals surface area (Å²) < 4.78 is 6.75. The first-order valence-electron chi connectivity index (χ1n) is 8.21. The highest BCUT2D eigenvalue weighted by molar-refractivity contribution is 14.2. The molecule has 2 N–H and O–H groups in total. The number of halogens is 2. The van der Waals surface area contributed by atoms with Crippen molar-refractivity contribution in [2.45, 2.75) is 27.7 Å². The average molecular weight is 522 g/mol. The Kier molecular flexibility index (Phi) is 9.90. The van der Waals surface area contributed by atoms with Crippen molar-refractivity contribution in [3.63, 3.8) is 0 Å². The van der Waals surface area contributed by atoms with Crippen molar-refractivity contribution in [2.75, 3.05) is 12.3 Å². The van der Waals surface area contributed by atoms with Crippen LogP contribution in [0.4, 0.5) is 5.69 Å². The monoisotopic (exact) mass is 521 g/mol. The van der Waals surface area contributed by atoms with Crippen molar-refractivity contribution < 1.29 is 9.53 Å². The number of allylic oxidation sites excluding steroid dienone is 2. The number of anilines is 1. The fraction of sp³-hybridized carbons (Fsp3) is 0.294. The molecule has 2 heterocycles. The fourth-order valence-corrected chi connectivity index (χ4v) is 3.88. The van der Waals surface area contributed by atoms with Crippen LogP contribution >= 0.6 is 40.0 Å². The van der Waals surface area contributed by atoms with Crippen molar-refractivity contribution in [2.24, 2.45) is 0 Å². The molecular weight excluding hydrogens is 500 g/mol. The van der Waals surface area contributed by atoms with Gasteiger partial charge in [0.15, 0.2) is 5.69 Å². The highest BCUT2D eigenvalue weighted by Crippen LogP contribution is 2.24. The van der Waals surface area contributed by atoms with Crippen molar-refractivity contribution in [1.82, 2.24) is 19.5 Å². The highest BCUT2D eigenvalue weighted by atomic mass is 127. The van der Waals surface area contributed by atoms with E-state index in [4.69, 9.17) is 22.1 Å². The molecule has 0 aliphatic carbocycles. The first kappa shape index (κ1) is 23.5. The van der Waals surface area contributed by atoms with Gasteiger partial charge in [-0.1, -0.05) is 32.6 Å². The minimum atomic E-state index is -0.648. The number of nitrogens with zero attached hydrogens (tertiary/aromatic N) is 4. The summed E-state index contributed by atoms with van der Waals surface area (Å²) >= 11 is 8.23. The third-order valence-electron chi connectivity index (χ3n) is 3.21. The number of nitrogen functional groups attached to an aromatic ring is 1. The fourth-order valence-electron chi connectivity index (χ4n) is 2.14. The van der Waals surface area contributed by atoms with Crippen LogP contribution in [0.2, 0.25) is 5.28 Å².